The van der Waals surface area contributed by atoms with E-state index in [-0.39, 0.29) is 25.5 Å². The molecule has 3 atom stereocenters. The van der Waals surface area contributed by atoms with Crippen LogP contribution in [-0.4, -0.2) is 73.4 Å². The number of carbonyl (C=O) groups excluding carboxylic acids is 1. The highest BCUT2D eigenvalue weighted by atomic mass is 31.2. The highest BCUT2D eigenvalue weighted by molar-refractivity contribution is 7.47. The Balaban J connectivity index is 4.54. The van der Waals surface area contributed by atoms with Crippen LogP contribution in [0.3, 0.4) is 0 Å². The zero-order chi connectivity index (χ0) is 35.8. The van der Waals surface area contributed by atoms with Gasteiger partial charge in [0.05, 0.1) is 39.9 Å². The van der Waals surface area contributed by atoms with E-state index in [2.05, 4.69) is 37.4 Å². The van der Waals surface area contributed by atoms with Crippen LogP contribution < -0.4 is 5.32 Å². The number of quaternary nitrogens is 1. The van der Waals surface area contributed by atoms with E-state index < -0.39 is 20.0 Å². The van der Waals surface area contributed by atoms with E-state index in [1.54, 1.807) is 0 Å². The largest absolute Gasteiger partial charge is 0.472 e. The molecule has 3 N–H and O–H groups in total. The Morgan fingerprint density at radius 3 is 1.71 bits per heavy atom. The van der Waals surface area contributed by atoms with Crippen LogP contribution in [0, 0.1) is 0 Å². The van der Waals surface area contributed by atoms with Crippen LogP contribution in [0.4, 0.5) is 0 Å². The average molecular weight is 702 g/mol. The van der Waals surface area contributed by atoms with Gasteiger partial charge in [0.25, 0.3) is 0 Å². The molecule has 0 fully saturated rings. The van der Waals surface area contributed by atoms with Gasteiger partial charge >= 0.3 is 7.82 Å². The maximum Gasteiger partial charge on any atom is 0.472 e. The van der Waals surface area contributed by atoms with Crippen molar-refractivity contribution in [2.75, 3.05) is 40.9 Å². The first-order valence-electron chi connectivity index (χ1n) is 19.7. The van der Waals surface area contributed by atoms with Gasteiger partial charge in [-0.2, -0.15) is 0 Å². The van der Waals surface area contributed by atoms with Gasteiger partial charge in [-0.25, -0.2) is 4.57 Å². The van der Waals surface area contributed by atoms with Gasteiger partial charge in [-0.3, -0.25) is 13.8 Å². The maximum atomic E-state index is 12.8. The molecule has 0 spiro atoms. The number of aliphatic hydroxyl groups is 1. The minimum absolute atomic E-state index is 0.0659. The summed E-state index contributed by atoms with van der Waals surface area (Å²) in [5.41, 5.74) is 0. The van der Waals surface area contributed by atoms with Crippen molar-refractivity contribution in [3.8, 4) is 0 Å². The number of phosphoric ester groups is 1. The Labute approximate surface area is 296 Å². The minimum Gasteiger partial charge on any atom is -0.391 e. The van der Waals surface area contributed by atoms with E-state index in [4.69, 9.17) is 9.05 Å². The van der Waals surface area contributed by atoms with Crippen molar-refractivity contribution in [1.29, 1.82) is 0 Å². The molecule has 0 aromatic heterocycles. The summed E-state index contributed by atoms with van der Waals surface area (Å²) in [6.45, 7) is 4.81. The van der Waals surface area contributed by atoms with E-state index in [0.717, 1.165) is 32.1 Å². The number of rotatable bonds is 35. The van der Waals surface area contributed by atoms with Crippen LogP contribution in [0.1, 0.15) is 168 Å². The van der Waals surface area contributed by atoms with Gasteiger partial charge in [-0.1, -0.05) is 154 Å². The summed E-state index contributed by atoms with van der Waals surface area (Å²) in [5.74, 6) is -0.213. The number of hydrogen-bond acceptors (Lipinski definition) is 5. The molecular weight excluding hydrogens is 623 g/mol. The smallest absolute Gasteiger partial charge is 0.391 e. The van der Waals surface area contributed by atoms with Gasteiger partial charge in [0.2, 0.25) is 5.91 Å². The third kappa shape index (κ3) is 33.5. The fourth-order valence-electron chi connectivity index (χ4n) is 5.51. The third-order valence-electron chi connectivity index (χ3n) is 8.72. The molecule has 0 bridgehead atoms. The van der Waals surface area contributed by atoms with E-state index in [0.29, 0.717) is 23.9 Å². The van der Waals surface area contributed by atoms with Gasteiger partial charge in [0, 0.05) is 6.42 Å². The molecule has 0 saturated heterocycles. The zero-order valence-electron chi connectivity index (χ0n) is 32.0. The summed E-state index contributed by atoms with van der Waals surface area (Å²) in [6.07, 6.45) is 35.0. The highest BCUT2D eigenvalue weighted by Gasteiger charge is 2.28. The van der Waals surface area contributed by atoms with Crippen LogP contribution in [0.15, 0.2) is 24.3 Å². The van der Waals surface area contributed by atoms with Gasteiger partial charge in [0.1, 0.15) is 13.2 Å². The van der Waals surface area contributed by atoms with Crippen LogP contribution in [0.25, 0.3) is 0 Å². The molecule has 0 aromatic rings. The molecule has 8 nitrogen and oxygen atoms in total. The number of phosphoric acid groups is 1. The molecule has 0 aromatic carbocycles. The Kier molecular flexibility index (Phi) is 31.2. The van der Waals surface area contributed by atoms with Crippen molar-refractivity contribution in [3.63, 3.8) is 0 Å². The van der Waals surface area contributed by atoms with Crippen molar-refractivity contribution in [2.45, 2.75) is 180 Å². The van der Waals surface area contributed by atoms with Crippen molar-refractivity contribution < 1.29 is 32.9 Å². The zero-order valence-corrected chi connectivity index (χ0v) is 32.9. The summed E-state index contributed by atoms with van der Waals surface area (Å²) in [5, 5.41) is 13.8. The second-order valence-electron chi connectivity index (χ2n) is 14.7. The first-order valence-corrected chi connectivity index (χ1v) is 21.2. The molecule has 1 amide bonds. The Hall–Kier alpha value is -1.02. The molecule has 0 heterocycles. The third-order valence-corrected chi connectivity index (χ3v) is 9.70. The lowest BCUT2D eigenvalue weighted by Gasteiger charge is -2.26. The second kappa shape index (κ2) is 31.9. The van der Waals surface area contributed by atoms with E-state index >= 15 is 0 Å². The quantitative estimate of drug-likeness (QED) is 0.0263. The standard InChI is InChI=1S/C39H77N2O6P/c1-6-8-10-12-14-16-18-20-22-24-26-28-30-32-38(42)37(36-47-48(44,45)46-35-34-41(3,4)5)40-39(43)33-31-29-27-25-23-21-19-17-15-13-11-9-7-2/h21,23,27,29,37-38,42H,6-20,22,24-26,28,30-36H2,1-5H3,(H-,40,43,44,45)/p+1/b23-21-,29-27-. The van der Waals surface area contributed by atoms with E-state index in [9.17, 15) is 19.4 Å². The van der Waals surface area contributed by atoms with Gasteiger partial charge in [-0.15, -0.1) is 0 Å². The lowest BCUT2D eigenvalue weighted by Crippen LogP contribution is -2.46. The molecule has 48 heavy (non-hydrogen) atoms. The summed E-state index contributed by atoms with van der Waals surface area (Å²) in [4.78, 5) is 23.0. The first kappa shape index (κ1) is 47.0. The predicted octanol–water partition coefficient (Wildman–Crippen LogP) is 10.2. The van der Waals surface area contributed by atoms with E-state index in [1.807, 2.05) is 27.2 Å². The van der Waals surface area contributed by atoms with Gasteiger partial charge in [-0.05, 0) is 32.1 Å². The van der Waals surface area contributed by atoms with E-state index in [1.165, 1.54) is 103 Å². The highest BCUT2D eigenvalue weighted by Crippen LogP contribution is 2.43. The molecular formula is C39H78N2O6P+. The fraction of sp³-hybridized carbons (Fsp3) is 0.872. The molecule has 0 aliphatic heterocycles. The first-order chi connectivity index (χ1) is 23.0. The van der Waals surface area contributed by atoms with Crippen molar-refractivity contribution in [3.05, 3.63) is 24.3 Å². The predicted molar refractivity (Wildman–Crippen MR) is 203 cm³/mol. The number of nitrogens with one attached hydrogen (secondary N) is 1. The topological polar surface area (TPSA) is 105 Å². The average Bonchev–Trinajstić information content (AvgIpc) is 3.02. The lowest BCUT2D eigenvalue weighted by molar-refractivity contribution is -0.870. The Morgan fingerprint density at radius 1 is 0.708 bits per heavy atom. The summed E-state index contributed by atoms with van der Waals surface area (Å²) < 4.78 is 23.5. The summed E-state index contributed by atoms with van der Waals surface area (Å²) in [6, 6.07) is -0.786. The molecule has 0 radical (unpaired) electrons. The number of aliphatic hydroxyl groups excluding tert-OH is 1. The van der Waals surface area contributed by atoms with Crippen LogP contribution in [0.2, 0.25) is 0 Å². The molecule has 0 saturated carbocycles. The molecule has 0 aliphatic carbocycles. The van der Waals surface area contributed by atoms with Crippen LogP contribution in [-0.2, 0) is 18.4 Å². The summed E-state index contributed by atoms with van der Waals surface area (Å²) in [7, 11) is 1.58. The Morgan fingerprint density at radius 2 is 1.19 bits per heavy atom. The number of likely N-dealkylation sites (N-methyl/N-ethyl adjacent to an activating group) is 1. The lowest BCUT2D eigenvalue weighted by atomic mass is 10.0. The van der Waals surface area contributed by atoms with Crippen molar-refractivity contribution >= 4 is 13.7 Å². The monoisotopic (exact) mass is 702 g/mol. The number of carbonyl (C=O) groups is 1. The van der Waals surface area contributed by atoms with Crippen molar-refractivity contribution in [1.82, 2.24) is 5.32 Å². The van der Waals surface area contributed by atoms with Gasteiger partial charge in [0.15, 0.2) is 0 Å². The normalized spacial score (nSPS) is 14.9. The molecule has 0 aliphatic rings. The van der Waals surface area contributed by atoms with Crippen LogP contribution >= 0.6 is 7.82 Å². The fourth-order valence-corrected chi connectivity index (χ4v) is 6.24. The number of unbranched alkanes of at least 4 members (excludes halogenated alkanes) is 18. The summed E-state index contributed by atoms with van der Waals surface area (Å²) >= 11 is 0. The van der Waals surface area contributed by atoms with Crippen molar-refractivity contribution in [2.24, 2.45) is 0 Å². The SMILES string of the molecule is CCCCCCCC/C=C\C/C=C\CCC(=O)NC(COP(=O)(O)OCC[N+](C)(C)C)C(O)CCCCCCCCCCCCCCC. The number of nitrogens with zero attached hydrogens (tertiary/aromatic N) is 1. The number of allylic oxidation sites excluding steroid dienone is 4. The molecule has 3 unspecified atom stereocenters. The maximum absolute atomic E-state index is 12.8. The number of hydrogen-bond donors (Lipinski definition) is 3. The van der Waals surface area contributed by atoms with Crippen LogP contribution in [0.5, 0.6) is 0 Å². The molecule has 0 rings (SSSR count). The molecule has 9 heteroatoms. The number of amides is 1. The second-order valence-corrected chi connectivity index (χ2v) is 16.1. The Bertz CT molecular complexity index is 845. The molecule has 284 valence electrons. The minimum atomic E-state index is -4.32. The van der Waals surface area contributed by atoms with Gasteiger partial charge < -0.3 is 19.8 Å².